The minimum Gasteiger partial charge on any atom is -0.294 e. The van der Waals surface area contributed by atoms with Gasteiger partial charge in [0.15, 0.2) is 5.78 Å². The van der Waals surface area contributed by atoms with Gasteiger partial charge in [-0.15, -0.1) is 0 Å². The normalized spacial score (nSPS) is 10.5. The number of hydrogen-bond donors (Lipinski definition) is 0. The lowest BCUT2D eigenvalue weighted by atomic mass is 9.98. The molecule has 2 rings (SSSR count). The zero-order valence-corrected chi connectivity index (χ0v) is 12.4. The second-order valence-electron chi connectivity index (χ2n) is 5.33. The third-order valence-electron chi connectivity index (χ3n) is 3.71. The molecule has 0 aliphatic carbocycles. The Bertz CT molecular complexity index is 567. The van der Waals surface area contributed by atoms with E-state index in [9.17, 15) is 4.79 Å². The summed E-state index contributed by atoms with van der Waals surface area (Å²) >= 11 is 0. The third kappa shape index (κ3) is 3.80. The largest absolute Gasteiger partial charge is 0.294 e. The van der Waals surface area contributed by atoms with Gasteiger partial charge < -0.3 is 0 Å². The topological polar surface area (TPSA) is 17.1 Å². The first kappa shape index (κ1) is 14.5. The van der Waals surface area contributed by atoms with Crippen molar-refractivity contribution in [2.75, 3.05) is 0 Å². The summed E-state index contributed by atoms with van der Waals surface area (Å²) in [7, 11) is 0. The van der Waals surface area contributed by atoms with E-state index in [2.05, 4.69) is 32.0 Å². The Kier molecular flexibility index (Phi) is 5.11. The Morgan fingerprint density at radius 1 is 1.00 bits per heavy atom. The van der Waals surface area contributed by atoms with Crippen LogP contribution in [0.2, 0.25) is 0 Å². The maximum absolute atomic E-state index is 12.3. The van der Waals surface area contributed by atoms with E-state index in [1.807, 2.05) is 30.3 Å². The molecule has 0 aromatic heterocycles. The van der Waals surface area contributed by atoms with Crippen molar-refractivity contribution in [2.24, 2.45) is 0 Å². The molecular formula is C19H22O. The molecule has 0 amide bonds. The highest BCUT2D eigenvalue weighted by Gasteiger charge is 2.08. The van der Waals surface area contributed by atoms with E-state index in [1.54, 1.807) is 0 Å². The van der Waals surface area contributed by atoms with Crippen molar-refractivity contribution < 1.29 is 4.79 Å². The zero-order valence-electron chi connectivity index (χ0n) is 12.4. The predicted octanol–water partition coefficient (Wildman–Crippen LogP) is 4.76. The van der Waals surface area contributed by atoms with Crippen LogP contribution in [0.4, 0.5) is 0 Å². The van der Waals surface area contributed by atoms with Gasteiger partial charge >= 0.3 is 0 Å². The van der Waals surface area contributed by atoms with Crippen molar-refractivity contribution in [3.63, 3.8) is 0 Å². The van der Waals surface area contributed by atoms with Gasteiger partial charge in [-0.3, -0.25) is 4.79 Å². The van der Waals surface area contributed by atoms with E-state index in [0.29, 0.717) is 6.42 Å². The van der Waals surface area contributed by atoms with E-state index < -0.39 is 0 Å². The molecule has 104 valence electrons. The van der Waals surface area contributed by atoms with Gasteiger partial charge in [0.05, 0.1) is 0 Å². The summed E-state index contributed by atoms with van der Waals surface area (Å²) < 4.78 is 0. The van der Waals surface area contributed by atoms with E-state index in [-0.39, 0.29) is 5.78 Å². The highest BCUT2D eigenvalue weighted by atomic mass is 16.1. The molecule has 0 spiro atoms. The molecule has 0 heterocycles. The molecule has 0 unspecified atom stereocenters. The number of Topliss-reactive ketones (excluding diaryl/α,β-unsaturated/α-hetero) is 1. The number of ketones is 1. The lowest BCUT2D eigenvalue weighted by Crippen LogP contribution is -2.04. The summed E-state index contributed by atoms with van der Waals surface area (Å²) in [6.45, 7) is 4.25. The van der Waals surface area contributed by atoms with Crippen LogP contribution >= 0.6 is 0 Å². The summed E-state index contributed by atoms with van der Waals surface area (Å²) in [5.74, 6) is 0.196. The van der Waals surface area contributed by atoms with E-state index in [4.69, 9.17) is 0 Å². The van der Waals surface area contributed by atoms with Crippen LogP contribution in [-0.2, 0) is 12.8 Å². The average Bonchev–Trinajstić information content (AvgIpc) is 2.48. The molecule has 1 heteroatoms. The Morgan fingerprint density at radius 2 is 1.70 bits per heavy atom. The minimum atomic E-state index is 0.196. The van der Waals surface area contributed by atoms with Crippen LogP contribution in [0, 0.1) is 6.92 Å². The van der Waals surface area contributed by atoms with Gasteiger partial charge in [0.2, 0.25) is 0 Å². The Hall–Kier alpha value is -1.89. The molecule has 0 saturated carbocycles. The monoisotopic (exact) mass is 266 g/mol. The summed E-state index contributed by atoms with van der Waals surface area (Å²) in [5.41, 5.74) is 4.43. The van der Waals surface area contributed by atoms with Crippen molar-refractivity contribution in [3.05, 3.63) is 70.8 Å². The number of rotatable bonds is 6. The lowest BCUT2D eigenvalue weighted by molar-refractivity contribution is 0.0993. The van der Waals surface area contributed by atoms with Crippen LogP contribution in [0.15, 0.2) is 48.5 Å². The zero-order chi connectivity index (χ0) is 14.4. The van der Waals surface area contributed by atoms with Gasteiger partial charge in [-0.05, 0) is 36.5 Å². The number of carbonyl (C=O) groups excluding carboxylic acids is 1. The van der Waals surface area contributed by atoms with Crippen LogP contribution in [-0.4, -0.2) is 5.78 Å². The average molecular weight is 266 g/mol. The van der Waals surface area contributed by atoms with Gasteiger partial charge in [0, 0.05) is 12.0 Å². The fourth-order valence-corrected chi connectivity index (χ4v) is 2.32. The Balaban J connectivity index is 2.04. The Morgan fingerprint density at radius 3 is 2.35 bits per heavy atom. The second-order valence-corrected chi connectivity index (χ2v) is 5.33. The van der Waals surface area contributed by atoms with Gasteiger partial charge in [0.1, 0.15) is 0 Å². The number of aryl methyl sites for hydroxylation is 2. The number of unbranched alkanes of at least 4 members (excludes halogenated alkanes) is 1. The fourth-order valence-electron chi connectivity index (χ4n) is 2.32. The number of hydrogen-bond acceptors (Lipinski definition) is 1. The van der Waals surface area contributed by atoms with Crippen molar-refractivity contribution in [1.29, 1.82) is 0 Å². The van der Waals surface area contributed by atoms with Crippen LogP contribution in [0.25, 0.3) is 0 Å². The molecule has 0 aliphatic rings. The Labute approximate surface area is 121 Å². The van der Waals surface area contributed by atoms with E-state index in [1.165, 1.54) is 24.0 Å². The van der Waals surface area contributed by atoms with E-state index in [0.717, 1.165) is 17.5 Å². The predicted molar refractivity (Wildman–Crippen MR) is 84.3 cm³/mol. The van der Waals surface area contributed by atoms with Gasteiger partial charge in [0.25, 0.3) is 0 Å². The van der Waals surface area contributed by atoms with Crippen LogP contribution in [0.5, 0.6) is 0 Å². The molecule has 0 bridgehead atoms. The highest BCUT2D eigenvalue weighted by Crippen LogP contribution is 2.13. The second kappa shape index (κ2) is 7.04. The SMILES string of the molecule is CCCCc1ccc(C(=O)Cc2ccccc2C)cc1. The summed E-state index contributed by atoms with van der Waals surface area (Å²) in [6, 6.07) is 16.2. The summed E-state index contributed by atoms with van der Waals surface area (Å²) in [5, 5.41) is 0. The third-order valence-corrected chi connectivity index (χ3v) is 3.71. The first-order valence-electron chi connectivity index (χ1n) is 7.37. The molecule has 2 aromatic rings. The molecule has 0 radical (unpaired) electrons. The summed E-state index contributed by atoms with van der Waals surface area (Å²) in [4.78, 5) is 12.3. The van der Waals surface area contributed by atoms with Crippen LogP contribution < -0.4 is 0 Å². The number of carbonyl (C=O) groups is 1. The molecule has 1 nitrogen and oxygen atoms in total. The van der Waals surface area contributed by atoms with Crippen molar-refractivity contribution >= 4 is 5.78 Å². The van der Waals surface area contributed by atoms with Gasteiger partial charge in [-0.2, -0.15) is 0 Å². The minimum absolute atomic E-state index is 0.196. The molecule has 0 fully saturated rings. The smallest absolute Gasteiger partial charge is 0.167 e. The van der Waals surface area contributed by atoms with Crippen LogP contribution in [0.1, 0.15) is 46.8 Å². The molecule has 0 atom stereocenters. The molecule has 20 heavy (non-hydrogen) atoms. The summed E-state index contributed by atoms with van der Waals surface area (Å²) in [6.07, 6.45) is 3.99. The first-order valence-corrected chi connectivity index (χ1v) is 7.37. The maximum Gasteiger partial charge on any atom is 0.167 e. The van der Waals surface area contributed by atoms with Gasteiger partial charge in [-0.1, -0.05) is 61.9 Å². The highest BCUT2D eigenvalue weighted by molar-refractivity contribution is 5.97. The standard InChI is InChI=1S/C19H22O/c1-3-4-8-16-10-12-17(13-11-16)19(20)14-18-9-6-5-7-15(18)2/h5-7,9-13H,3-4,8,14H2,1-2H3. The quantitative estimate of drug-likeness (QED) is 0.689. The van der Waals surface area contributed by atoms with E-state index >= 15 is 0 Å². The van der Waals surface area contributed by atoms with Crippen molar-refractivity contribution in [3.8, 4) is 0 Å². The molecule has 0 N–H and O–H groups in total. The molecule has 0 aliphatic heterocycles. The molecule has 2 aromatic carbocycles. The number of benzene rings is 2. The lowest BCUT2D eigenvalue weighted by Gasteiger charge is -2.06. The van der Waals surface area contributed by atoms with Crippen molar-refractivity contribution in [2.45, 2.75) is 39.5 Å². The molecule has 0 saturated heterocycles. The molecular weight excluding hydrogens is 244 g/mol. The van der Waals surface area contributed by atoms with Crippen molar-refractivity contribution in [1.82, 2.24) is 0 Å². The van der Waals surface area contributed by atoms with Gasteiger partial charge in [-0.25, -0.2) is 0 Å². The maximum atomic E-state index is 12.3. The van der Waals surface area contributed by atoms with Crippen LogP contribution in [0.3, 0.4) is 0 Å². The fraction of sp³-hybridized carbons (Fsp3) is 0.316. The first-order chi connectivity index (χ1) is 9.70.